The Morgan fingerprint density at radius 2 is 1.03 bits per heavy atom. The molecule has 2 fully saturated rings. The molecular formula is C69H75N3. The average molecular weight is 946 g/mol. The number of hydrogen-bond donors (Lipinski definition) is 0. The minimum Gasteiger partial charge on any atom is -0.334 e. The molecule has 5 atom stereocenters. The van der Waals surface area contributed by atoms with E-state index in [0.29, 0.717) is 0 Å². The van der Waals surface area contributed by atoms with Gasteiger partial charge in [0.25, 0.3) is 0 Å². The maximum atomic E-state index is 2.98. The largest absolute Gasteiger partial charge is 0.334 e. The standard InChI is InChI=1S/C69H75N3/c1-43-37-44(2)62-63-59(43)60-52-40-49(65(6,7)8)29-32-55(52)70(54-31-28-48(64(3,4)5)39-51(54)46-25-17-14-18-26-46)57-41-50(42-58(61(57)60)72(63)69(12)36-22-20-34-67(62,69)10)71-56-30-27-47(45-23-15-13-16-24-45)38-53(56)66(9)33-19-21-35-68(66,71)11/h13-18,23-32,37-42,60H,19-22,33-36H2,1-12H3. The number of fused-ring (bicyclic) bond motifs is 10. The van der Waals surface area contributed by atoms with Gasteiger partial charge in [-0.15, -0.1) is 0 Å². The van der Waals surface area contributed by atoms with E-state index in [1.54, 1.807) is 5.56 Å². The Hall–Kier alpha value is -6.06. The Bertz CT molecular complexity index is 3390. The Morgan fingerprint density at radius 1 is 0.458 bits per heavy atom. The molecule has 13 rings (SSSR count). The van der Waals surface area contributed by atoms with Crippen molar-refractivity contribution >= 4 is 39.8 Å². The summed E-state index contributed by atoms with van der Waals surface area (Å²) in [6, 6.07) is 52.7. The van der Waals surface area contributed by atoms with E-state index in [0.717, 1.165) is 6.42 Å². The lowest BCUT2D eigenvalue weighted by atomic mass is 9.61. The van der Waals surface area contributed by atoms with Crippen molar-refractivity contribution in [2.24, 2.45) is 0 Å². The Morgan fingerprint density at radius 3 is 1.69 bits per heavy atom. The summed E-state index contributed by atoms with van der Waals surface area (Å²) in [4.78, 5) is 8.59. The number of nitrogens with zero attached hydrogens (tertiary/aromatic N) is 3. The first-order valence-electron chi connectivity index (χ1n) is 27.6. The smallest absolute Gasteiger partial charge is 0.0545 e. The van der Waals surface area contributed by atoms with Crippen molar-refractivity contribution in [3.63, 3.8) is 0 Å². The van der Waals surface area contributed by atoms with Crippen LogP contribution in [0, 0.1) is 13.8 Å². The number of aryl methyl sites for hydroxylation is 2. The highest BCUT2D eigenvalue weighted by atomic mass is 15.3. The summed E-state index contributed by atoms with van der Waals surface area (Å²) in [6.45, 7) is 29.6. The van der Waals surface area contributed by atoms with Gasteiger partial charge in [0.15, 0.2) is 0 Å². The lowest BCUT2D eigenvalue weighted by Gasteiger charge is -2.54. The van der Waals surface area contributed by atoms with Crippen LogP contribution in [0.3, 0.4) is 0 Å². The first-order chi connectivity index (χ1) is 34.3. The normalized spacial score (nSPS) is 25.6. The molecule has 4 aliphatic heterocycles. The average Bonchev–Trinajstić information content (AvgIpc) is 3.71. The molecule has 0 saturated heterocycles. The molecule has 0 aromatic heterocycles. The number of hydrogen-bond acceptors (Lipinski definition) is 3. The fourth-order valence-electron chi connectivity index (χ4n) is 15.9. The summed E-state index contributed by atoms with van der Waals surface area (Å²) in [5.41, 5.74) is 27.4. The van der Waals surface area contributed by atoms with Gasteiger partial charge < -0.3 is 14.7 Å². The highest BCUT2D eigenvalue weighted by Gasteiger charge is 2.63. The summed E-state index contributed by atoms with van der Waals surface area (Å²) >= 11 is 0. The molecule has 0 amide bonds. The van der Waals surface area contributed by atoms with Crippen molar-refractivity contribution < 1.29 is 0 Å². The topological polar surface area (TPSA) is 9.72 Å². The third-order valence-corrected chi connectivity index (χ3v) is 20.1. The van der Waals surface area contributed by atoms with E-state index in [1.807, 2.05) is 0 Å². The van der Waals surface area contributed by atoms with Crippen LogP contribution in [0.2, 0.25) is 0 Å². The molecule has 3 heteroatoms. The predicted molar refractivity (Wildman–Crippen MR) is 305 cm³/mol. The van der Waals surface area contributed by atoms with Gasteiger partial charge in [-0.05, 0) is 168 Å². The van der Waals surface area contributed by atoms with Gasteiger partial charge in [0.2, 0.25) is 0 Å². The van der Waals surface area contributed by atoms with Crippen molar-refractivity contribution in [3.8, 4) is 22.3 Å². The highest BCUT2D eigenvalue weighted by molar-refractivity contribution is 6.02. The van der Waals surface area contributed by atoms with Crippen molar-refractivity contribution in [2.75, 3.05) is 14.7 Å². The van der Waals surface area contributed by atoms with Crippen molar-refractivity contribution in [3.05, 3.63) is 184 Å². The summed E-state index contributed by atoms with van der Waals surface area (Å²) < 4.78 is 0. The van der Waals surface area contributed by atoms with Gasteiger partial charge in [-0.1, -0.05) is 172 Å². The Labute approximate surface area is 431 Å². The second-order valence-corrected chi connectivity index (χ2v) is 26.1. The summed E-state index contributed by atoms with van der Waals surface area (Å²) in [6.07, 6.45) is 9.71. The molecule has 7 aromatic carbocycles. The zero-order valence-corrected chi connectivity index (χ0v) is 45.3. The van der Waals surface area contributed by atoms with Gasteiger partial charge in [-0.3, -0.25) is 0 Å². The van der Waals surface area contributed by atoms with Crippen LogP contribution in [0.25, 0.3) is 22.3 Å². The van der Waals surface area contributed by atoms with Crippen LogP contribution in [0.4, 0.5) is 39.8 Å². The molecule has 3 nitrogen and oxygen atoms in total. The fourth-order valence-corrected chi connectivity index (χ4v) is 15.9. The number of anilines is 7. The van der Waals surface area contributed by atoms with Crippen LogP contribution in [0.5, 0.6) is 0 Å². The quantitative estimate of drug-likeness (QED) is 0.174. The molecule has 6 aliphatic rings. The van der Waals surface area contributed by atoms with Crippen molar-refractivity contribution in [2.45, 2.75) is 173 Å². The first-order valence-corrected chi connectivity index (χ1v) is 27.6. The third-order valence-electron chi connectivity index (χ3n) is 20.1. The van der Waals surface area contributed by atoms with Gasteiger partial charge >= 0.3 is 0 Å². The molecular weight excluding hydrogens is 871 g/mol. The second kappa shape index (κ2) is 15.3. The zero-order chi connectivity index (χ0) is 50.1. The van der Waals surface area contributed by atoms with E-state index in [4.69, 9.17) is 0 Å². The molecule has 2 saturated carbocycles. The monoisotopic (exact) mass is 946 g/mol. The lowest BCUT2D eigenvalue weighted by molar-refractivity contribution is 0.193. The van der Waals surface area contributed by atoms with E-state index in [9.17, 15) is 0 Å². The molecule has 0 radical (unpaired) electrons. The number of rotatable bonds is 4. The molecule has 72 heavy (non-hydrogen) atoms. The van der Waals surface area contributed by atoms with Gasteiger partial charge in [0.05, 0.1) is 39.5 Å². The van der Waals surface area contributed by atoms with Gasteiger partial charge in [-0.2, -0.15) is 0 Å². The van der Waals surface area contributed by atoms with Crippen LogP contribution in [0.15, 0.2) is 133 Å². The summed E-state index contributed by atoms with van der Waals surface area (Å²) in [7, 11) is 0. The molecule has 0 spiro atoms. The van der Waals surface area contributed by atoms with Gasteiger partial charge in [-0.25, -0.2) is 0 Å². The van der Waals surface area contributed by atoms with Gasteiger partial charge in [0.1, 0.15) is 0 Å². The van der Waals surface area contributed by atoms with Gasteiger partial charge in [0, 0.05) is 39.2 Å². The molecule has 4 heterocycles. The van der Waals surface area contributed by atoms with Crippen LogP contribution in [-0.4, -0.2) is 11.1 Å². The molecule has 2 aliphatic carbocycles. The van der Waals surface area contributed by atoms with Crippen molar-refractivity contribution in [1.29, 1.82) is 0 Å². The van der Waals surface area contributed by atoms with E-state index < -0.39 is 0 Å². The lowest BCUT2D eigenvalue weighted by Crippen LogP contribution is -2.56. The third kappa shape index (κ3) is 6.03. The Kier molecular flexibility index (Phi) is 9.70. The van der Waals surface area contributed by atoms with Crippen LogP contribution < -0.4 is 14.7 Å². The molecule has 7 aromatic rings. The zero-order valence-electron chi connectivity index (χ0n) is 45.3. The summed E-state index contributed by atoms with van der Waals surface area (Å²) in [5.74, 6) is 0.0689. The Balaban J connectivity index is 1.17. The molecule has 0 N–H and O–H groups in total. The minimum atomic E-state index is -0.134. The maximum Gasteiger partial charge on any atom is 0.0545 e. The first kappa shape index (κ1) is 45.8. The summed E-state index contributed by atoms with van der Waals surface area (Å²) in [5, 5.41) is 0. The molecule has 0 bridgehead atoms. The van der Waals surface area contributed by atoms with E-state index in [-0.39, 0.29) is 38.7 Å². The number of benzene rings is 7. The second-order valence-electron chi connectivity index (χ2n) is 26.1. The van der Waals surface area contributed by atoms with E-state index >= 15 is 0 Å². The van der Waals surface area contributed by atoms with Crippen molar-refractivity contribution in [1.82, 2.24) is 0 Å². The SMILES string of the molecule is Cc1cc(C)c2c3c1C1c4cc(C(C)(C)C)ccc4N(c4ccc(C(C)(C)C)cc4-c4ccccc4)c4cc(N5c6ccc(-c7ccccc7)cc6C6(C)CCCCC56C)cc(c41)N3C1(C)CCCCC21C. The minimum absolute atomic E-state index is 0.00451. The van der Waals surface area contributed by atoms with Crippen LogP contribution in [-0.2, 0) is 21.7 Å². The molecule has 366 valence electrons. The van der Waals surface area contributed by atoms with E-state index in [1.165, 1.54) is 152 Å². The fraction of sp³-hybridized carbons (Fsp3) is 0.391. The highest BCUT2D eigenvalue weighted by Crippen LogP contribution is 2.71. The molecule has 5 unspecified atom stereocenters. The van der Waals surface area contributed by atoms with E-state index in [2.05, 4.69) is 231 Å². The predicted octanol–water partition coefficient (Wildman–Crippen LogP) is 19.0. The van der Waals surface area contributed by atoms with Crippen LogP contribution >= 0.6 is 0 Å². The van der Waals surface area contributed by atoms with Crippen LogP contribution in [0.1, 0.15) is 177 Å². The maximum absolute atomic E-state index is 2.98.